The number of halogens is 3. The number of piperidine rings is 1. The van der Waals surface area contributed by atoms with Gasteiger partial charge in [0.15, 0.2) is 5.11 Å². The van der Waals surface area contributed by atoms with Crippen molar-refractivity contribution in [2.45, 2.75) is 51.3 Å². The lowest BCUT2D eigenvalue weighted by Crippen LogP contribution is -2.46. The molecule has 0 aliphatic carbocycles. The van der Waals surface area contributed by atoms with Gasteiger partial charge in [0.05, 0.1) is 11.2 Å². The quantitative estimate of drug-likeness (QED) is 0.620. The van der Waals surface area contributed by atoms with Crippen LogP contribution in [0.5, 0.6) is 0 Å². The molecular weight excluding hydrogens is 409 g/mol. The molecule has 1 saturated heterocycles. The lowest BCUT2D eigenvalue weighted by Gasteiger charge is -2.40. The van der Waals surface area contributed by atoms with Crippen LogP contribution in [0.4, 0.5) is 18.9 Å². The van der Waals surface area contributed by atoms with Crippen molar-refractivity contribution < 1.29 is 18.3 Å². The van der Waals surface area contributed by atoms with Crippen LogP contribution in [0.15, 0.2) is 42.5 Å². The highest BCUT2D eigenvalue weighted by Crippen LogP contribution is 2.37. The fraction of sp³-hybridized carbons (Fsp3) is 0.435. The van der Waals surface area contributed by atoms with Gasteiger partial charge in [-0.25, -0.2) is 0 Å². The topological polar surface area (TPSA) is 35.5 Å². The van der Waals surface area contributed by atoms with Crippen molar-refractivity contribution in [2.24, 2.45) is 0 Å². The Hall–Kier alpha value is -2.12. The van der Waals surface area contributed by atoms with E-state index < -0.39 is 17.3 Å². The summed E-state index contributed by atoms with van der Waals surface area (Å²) in [7, 11) is 0. The molecule has 0 unspecified atom stereocenters. The summed E-state index contributed by atoms with van der Waals surface area (Å²) in [5, 5.41) is 15.0. The number of likely N-dealkylation sites (tertiary alicyclic amines) is 1. The van der Waals surface area contributed by atoms with Crippen molar-refractivity contribution in [3.63, 3.8) is 0 Å². The first kappa shape index (κ1) is 22.6. The van der Waals surface area contributed by atoms with Gasteiger partial charge >= 0.3 is 6.18 Å². The van der Waals surface area contributed by atoms with E-state index >= 15 is 0 Å². The number of aliphatic hydroxyl groups is 1. The number of rotatable bonds is 4. The van der Waals surface area contributed by atoms with E-state index in [-0.39, 0.29) is 0 Å². The molecule has 3 rings (SSSR count). The predicted octanol–water partition coefficient (Wildman–Crippen LogP) is 5.51. The molecule has 1 fully saturated rings. The average molecular weight is 437 g/mol. The minimum atomic E-state index is -4.43. The summed E-state index contributed by atoms with van der Waals surface area (Å²) in [6, 6.07) is 11.2. The van der Waals surface area contributed by atoms with Gasteiger partial charge in [0.1, 0.15) is 0 Å². The minimum Gasteiger partial charge on any atom is -0.385 e. The number of hydrogen-bond donors (Lipinski definition) is 2. The Labute approximate surface area is 180 Å². The lowest BCUT2D eigenvalue weighted by atomic mass is 9.84. The highest BCUT2D eigenvalue weighted by Gasteiger charge is 2.37. The third-order valence-electron chi connectivity index (χ3n) is 5.84. The van der Waals surface area contributed by atoms with E-state index in [1.54, 1.807) is 6.07 Å². The Morgan fingerprint density at radius 2 is 1.63 bits per heavy atom. The summed E-state index contributed by atoms with van der Waals surface area (Å²) in [5.74, 6) is 0. The Morgan fingerprint density at radius 3 is 2.17 bits per heavy atom. The molecule has 0 saturated carbocycles. The van der Waals surface area contributed by atoms with E-state index in [1.165, 1.54) is 17.2 Å². The van der Waals surface area contributed by atoms with E-state index in [2.05, 4.69) is 31.3 Å². The van der Waals surface area contributed by atoms with Crippen LogP contribution in [-0.2, 0) is 24.6 Å². The monoisotopic (exact) mass is 436 g/mol. The second kappa shape index (κ2) is 8.94. The fourth-order valence-corrected chi connectivity index (χ4v) is 4.23. The van der Waals surface area contributed by atoms with Gasteiger partial charge in [0, 0.05) is 18.8 Å². The second-order valence-corrected chi connectivity index (χ2v) is 8.07. The molecule has 0 aromatic heterocycles. The van der Waals surface area contributed by atoms with Crippen LogP contribution in [0.25, 0.3) is 0 Å². The summed E-state index contributed by atoms with van der Waals surface area (Å²) in [4.78, 5) is 1.98. The zero-order chi connectivity index (χ0) is 21.9. The number of alkyl halides is 3. The van der Waals surface area contributed by atoms with Crippen LogP contribution in [0.1, 0.15) is 48.9 Å². The predicted molar refractivity (Wildman–Crippen MR) is 118 cm³/mol. The molecule has 3 nitrogen and oxygen atoms in total. The van der Waals surface area contributed by atoms with Crippen molar-refractivity contribution in [1.82, 2.24) is 4.90 Å². The molecule has 30 heavy (non-hydrogen) atoms. The highest BCUT2D eigenvalue weighted by atomic mass is 32.1. The summed E-state index contributed by atoms with van der Waals surface area (Å²) in [6.45, 7) is 5.13. The molecule has 1 heterocycles. The van der Waals surface area contributed by atoms with Crippen LogP contribution >= 0.6 is 12.2 Å². The second-order valence-electron chi connectivity index (χ2n) is 7.69. The number of nitrogens with zero attached hydrogens (tertiary/aromatic N) is 1. The van der Waals surface area contributed by atoms with Gasteiger partial charge in [-0.05, 0) is 66.7 Å². The molecule has 1 aliphatic heterocycles. The van der Waals surface area contributed by atoms with Gasteiger partial charge < -0.3 is 15.3 Å². The number of thiocarbonyl (C=S) groups is 1. The Morgan fingerprint density at radius 1 is 1.07 bits per heavy atom. The van der Waals surface area contributed by atoms with Gasteiger partial charge in [-0.3, -0.25) is 0 Å². The first-order valence-electron chi connectivity index (χ1n) is 10.2. The van der Waals surface area contributed by atoms with Crippen molar-refractivity contribution >= 4 is 23.0 Å². The standard InChI is InChI=1S/C23H27F3N2OS/c1-3-16-7-5-8-17(4-2)20(16)27-21(30)28-13-11-22(29,12-14-28)18-9-6-10-19(15-18)23(24,25)26/h5-10,15,29H,3-4,11-14H2,1-2H3,(H,27,30). The maximum absolute atomic E-state index is 13.0. The Balaban J connectivity index is 1.71. The van der Waals surface area contributed by atoms with E-state index in [1.807, 2.05) is 11.0 Å². The first-order chi connectivity index (χ1) is 14.2. The molecule has 0 bridgehead atoms. The van der Waals surface area contributed by atoms with E-state index in [0.717, 1.165) is 30.7 Å². The fourth-order valence-electron chi connectivity index (χ4n) is 3.94. The van der Waals surface area contributed by atoms with Crippen LogP contribution in [0.3, 0.4) is 0 Å². The van der Waals surface area contributed by atoms with Crippen LogP contribution < -0.4 is 5.32 Å². The zero-order valence-electron chi connectivity index (χ0n) is 17.2. The summed E-state index contributed by atoms with van der Waals surface area (Å²) >= 11 is 5.62. The third-order valence-corrected chi connectivity index (χ3v) is 6.20. The van der Waals surface area contributed by atoms with Gasteiger partial charge in [0.2, 0.25) is 0 Å². The maximum atomic E-state index is 13.0. The van der Waals surface area contributed by atoms with E-state index in [4.69, 9.17) is 12.2 Å². The Kier molecular flexibility index (Phi) is 6.72. The van der Waals surface area contributed by atoms with Crippen LogP contribution in [0, 0.1) is 0 Å². The number of benzene rings is 2. The van der Waals surface area contributed by atoms with Gasteiger partial charge in [-0.2, -0.15) is 13.2 Å². The molecule has 7 heteroatoms. The summed E-state index contributed by atoms with van der Waals surface area (Å²) in [6.07, 6.45) is -2.04. The molecule has 0 atom stereocenters. The van der Waals surface area contributed by atoms with Crippen molar-refractivity contribution in [3.8, 4) is 0 Å². The molecule has 0 radical (unpaired) electrons. The molecule has 2 aromatic carbocycles. The largest absolute Gasteiger partial charge is 0.416 e. The van der Waals surface area contributed by atoms with Crippen LogP contribution in [-0.4, -0.2) is 28.2 Å². The maximum Gasteiger partial charge on any atom is 0.416 e. The third kappa shape index (κ3) is 4.78. The number of aryl methyl sites for hydroxylation is 2. The molecule has 2 N–H and O–H groups in total. The highest BCUT2D eigenvalue weighted by molar-refractivity contribution is 7.80. The molecule has 162 valence electrons. The number of para-hydroxylation sites is 1. The SMILES string of the molecule is CCc1cccc(CC)c1NC(=S)N1CCC(O)(c2cccc(C(F)(F)F)c2)CC1. The van der Waals surface area contributed by atoms with Gasteiger partial charge in [-0.1, -0.05) is 44.2 Å². The Bertz CT molecular complexity index is 883. The summed E-state index contributed by atoms with van der Waals surface area (Å²) < 4.78 is 39.1. The van der Waals surface area contributed by atoms with E-state index in [9.17, 15) is 18.3 Å². The average Bonchev–Trinajstić information content (AvgIpc) is 2.73. The number of nitrogens with one attached hydrogen (secondary N) is 1. The number of hydrogen-bond acceptors (Lipinski definition) is 2. The van der Waals surface area contributed by atoms with Crippen LogP contribution in [0.2, 0.25) is 0 Å². The van der Waals surface area contributed by atoms with E-state index in [0.29, 0.717) is 36.6 Å². The molecular formula is C23H27F3N2OS. The summed E-state index contributed by atoms with van der Waals surface area (Å²) in [5.41, 5.74) is 1.69. The smallest absolute Gasteiger partial charge is 0.385 e. The minimum absolute atomic E-state index is 0.306. The molecule has 0 amide bonds. The molecule has 2 aromatic rings. The van der Waals surface area contributed by atoms with Gasteiger partial charge in [0.25, 0.3) is 0 Å². The normalized spacial score (nSPS) is 16.4. The number of anilines is 1. The lowest BCUT2D eigenvalue weighted by molar-refractivity contribution is -0.137. The zero-order valence-corrected chi connectivity index (χ0v) is 18.0. The van der Waals surface area contributed by atoms with Crippen molar-refractivity contribution in [1.29, 1.82) is 0 Å². The molecule has 0 spiro atoms. The first-order valence-corrected chi connectivity index (χ1v) is 10.7. The van der Waals surface area contributed by atoms with Crippen molar-refractivity contribution in [3.05, 3.63) is 64.7 Å². The van der Waals surface area contributed by atoms with Gasteiger partial charge in [-0.15, -0.1) is 0 Å². The van der Waals surface area contributed by atoms with Crippen molar-refractivity contribution in [2.75, 3.05) is 18.4 Å². The molecule has 1 aliphatic rings.